The first kappa shape index (κ1) is 16.4. The SMILES string of the molecule is Cc1ccc(C)c(S(=O)CCC(=O)N(C)CCC#N)c1. The Morgan fingerprint density at radius 2 is 2.10 bits per heavy atom. The summed E-state index contributed by atoms with van der Waals surface area (Å²) in [5.41, 5.74) is 2.05. The predicted octanol–water partition coefficient (Wildman–Crippen LogP) is 2.17. The summed E-state index contributed by atoms with van der Waals surface area (Å²) in [4.78, 5) is 14.1. The molecule has 1 atom stereocenters. The van der Waals surface area contributed by atoms with Crippen LogP contribution in [0.5, 0.6) is 0 Å². The van der Waals surface area contributed by atoms with E-state index >= 15 is 0 Å². The van der Waals surface area contributed by atoms with Gasteiger partial charge in [-0.25, -0.2) is 0 Å². The molecule has 4 nitrogen and oxygen atoms in total. The lowest BCUT2D eigenvalue weighted by Crippen LogP contribution is -2.28. The van der Waals surface area contributed by atoms with Gasteiger partial charge in [0.1, 0.15) is 0 Å². The summed E-state index contributed by atoms with van der Waals surface area (Å²) in [5.74, 6) is 0.249. The van der Waals surface area contributed by atoms with E-state index in [1.807, 2.05) is 38.1 Å². The smallest absolute Gasteiger partial charge is 0.223 e. The lowest BCUT2D eigenvalue weighted by molar-refractivity contribution is -0.129. The molecule has 0 spiro atoms. The third-order valence-electron chi connectivity index (χ3n) is 3.08. The minimum atomic E-state index is -1.16. The molecule has 1 aromatic carbocycles. The van der Waals surface area contributed by atoms with Gasteiger partial charge in [0, 0.05) is 30.7 Å². The van der Waals surface area contributed by atoms with E-state index in [0.29, 0.717) is 18.7 Å². The summed E-state index contributed by atoms with van der Waals surface area (Å²) in [6.45, 7) is 4.31. The minimum absolute atomic E-state index is 0.0705. The highest BCUT2D eigenvalue weighted by Crippen LogP contribution is 2.16. The Balaban J connectivity index is 2.57. The van der Waals surface area contributed by atoms with Crippen molar-refractivity contribution in [3.8, 4) is 6.07 Å². The number of hydrogen-bond donors (Lipinski definition) is 0. The second kappa shape index (κ2) is 7.81. The van der Waals surface area contributed by atoms with E-state index < -0.39 is 10.8 Å². The zero-order valence-electron chi connectivity index (χ0n) is 12.2. The molecular weight excluding hydrogens is 272 g/mol. The summed E-state index contributed by atoms with van der Waals surface area (Å²) in [6.07, 6.45) is 0.560. The molecule has 0 aliphatic heterocycles. The van der Waals surface area contributed by atoms with Crippen LogP contribution in [0.2, 0.25) is 0 Å². The standard InChI is InChI=1S/C15H20N2O2S/c1-12-5-6-13(2)14(11-12)20(19)10-7-15(18)17(3)9-4-8-16/h5-6,11H,4,7,9-10H2,1-3H3. The molecule has 0 saturated heterocycles. The Kier molecular flexibility index (Phi) is 6.40. The Hall–Kier alpha value is -1.67. The van der Waals surface area contributed by atoms with Gasteiger partial charge in [-0.2, -0.15) is 5.26 Å². The molecule has 0 fully saturated rings. The zero-order chi connectivity index (χ0) is 15.1. The molecular formula is C15H20N2O2S. The normalized spacial score (nSPS) is 11.7. The molecule has 108 valence electrons. The first-order chi connectivity index (χ1) is 9.45. The minimum Gasteiger partial charge on any atom is -0.345 e. The fraction of sp³-hybridized carbons (Fsp3) is 0.467. The molecule has 0 aromatic heterocycles. The van der Waals surface area contributed by atoms with Crippen molar-refractivity contribution in [3.05, 3.63) is 29.3 Å². The molecule has 1 amide bonds. The van der Waals surface area contributed by atoms with E-state index in [1.54, 1.807) is 7.05 Å². The van der Waals surface area contributed by atoms with Crippen molar-refractivity contribution < 1.29 is 9.00 Å². The van der Waals surface area contributed by atoms with Crippen molar-refractivity contribution in [2.75, 3.05) is 19.3 Å². The van der Waals surface area contributed by atoms with Crippen molar-refractivity contribution in [2.24, 2.45) is 0 Å². The number of carbonyl (C=O) groups excluding carboxylic acids is 1. The summed E-state index contributed by atoms with van der Waals surface area (Å²) in [7, 11) is 0.507. The molecule has 1 rings (SSSR count). The Labute approximate surface area is 122 Å². The molecule has 1 unspecified atom stereocenters. The van der Waals surface area contributed by atoms with Gasteiger partial charge >= 0.3 is 0 Å². The van der Waals surface area contributed by atoms with Gasteiger partial charge in [0.2, 0.25) is 5.91 Å². The molecule has 0 heterocycles. The average Bonchev–Trinajstić information content (AvgIpc) is 2.44. The number of nitriles is 1. The van der Waals surface area contributed by atoms with Gasteiger partial charge in [-0.3, -0.25) is 9.00 Å². The van der Waals surface area contributed by atoms with Gasteiger partial charge in [-0.1, -0.05) is 12.1 Å². The number of carbonyl (C=O) groups is 1. The van der Waals surface area contributed by atoms with Gasteiger partial charge in [-0.05, 0) is 31.0 Å². The summed E-state index contributed by atoms with van der Waals surface area (Å²) < 4.78 is 12.2. The van der Waals surface area contributed by atoms with Crippen LogP contribution in [0, 0.1) is 25.2 Å². The van der Waals surface area contributed by atoms with E-state index in [9.17, 15) is 9.00 Å². The molecule has 20 heavy (non-hydrogen) atoms. The summed E-state index contributed by atoms with van der Waals surface area (Å²) >= 11 is 0. The maximum absolute atomic E-state index is 12.2. The van der Waals surface area contributed by atoms with E-state index in [2.05, 4.69) is 0 Å². The number of rotatable bonds is 6. The first-order valence-corrected chi connectivity index (χ1v) is 7.84. The Morgan fingerprint density at radius 1 is 1.40 bits per heavy atom. The third kappa shape index (κ3) is 4.78. The lowest BCUT2D eigenvalue weighted by Gasteiger charge is -2.15. The molecule has 5 heteroatoms. The quantitative estimate of drug-likeness (QED) is 0.807. The topological polar surface area (TPSA) is 61.2 Å². The van der Waals surface area contributed by atoms with Crippen LogP contribution in [0.25, 0.3) is 0 Å². The second-order valence-electron chi connectivity index (χ2n) is 4.79. The van der Waals surface area contributed by atoms with E-state index in [1.165, 1.54) is 4.90 Å². The maximum Gasteiger partial charge on any atom is 0.223 e. The molecule has 0 N–H and O–H groups in total. The van der Waals surface area contributed by atoms with E-state index in [4.69, 9.17) is 5.26 Å². The predicted molar refractivity (Wildman–Crippen MR) is 79.7 cm³/mol. The maximum atomic E-state index is 12.2. The molecule has 0 aliphatic carbocycles. The number of aryl methyl sites for hydroxylation is 2. The van der Waals surface area contributed by atoms with Crippen molar-refractivity contribution in [1.82, 2.24) is 4.90 Å². The van der Waals surface area contributed by atoms with Crippen molar-refractivity contribution in [1.29, 1.82) is 5.26 Å². The zero-order valence-corrected chi connectivity index (χ0v) is 13.0. The van der Waals surface area contributed by atoms with Crippen molar-refractivity contribution in [3.63, 3.8) is 0 Å². The number of benzene rings is 1. The van der Waals surface area contributed by atoms with Gasteiger partial charge in [-0.15, -0.1) is 0 Å². The van der Waals surface area contributed by atoms with Crippen LogP contribution in [0.4, 0.5) is 0 Å². The van der Waals surface area contributed by atoms with Crippen LogP contribution in [0.15, 0.2) is 23.1 Å². The molecule has 0 aliphatic rings. The highest BCUT2D eigenvalue weighted by atomic mass is 32.2. The Bertz CT molecular complexity index is 549. The molecule has 0 radical (unpaired) electrons. The fourth-order valence-electron chi connectivity index (χ4n) is 1.78. The summed E-state index contributed by atoms with van der Waals surface area (Å²) in [5, 5.41) is 8.48. The number of hydrogen-bond acceptors (Lipinski definition) is 3. The largest absolute Gasteiger partial charge is 0.345 e. The van der Waals surface area contributed by atoms with Gasteiger partial charge in [0.15, 0.2) is 0 Å². The highest BCUT2D eigenvalue weighted by molar-refractivity contribution is 7.85. The number of nitrogens with zero attached hydrogens (tertiary/aromatic N) is 2. The van der Waals surface area contributed by atoms with Gasteiger partial charge in [0.25, 0.3) is 0 Å². The fourth-order valence-corrected chi connectivity index (χ4v) is 3.10. The third-order valence-corrected chi connectivity index (χ3v) is 4.58. The van der Waals surface area contributed by atoms with Crippen LogP contribution in [0.1, 0.15) is 24.0 Å². The molecule has 0 bridgehead atoms. The van der Waals surface area contributed by atoms with Crippen LogP contribution < -0.4 is 0 Å². The highest BCUT2D eigenvalue weighted by Gasteiger charge is 2.13. The van der Waals surface area contributed by atoms with Crippen LogP contribution in [0.3, 0.4) is 0 Å². The van der Waals surface area contributed by atoms with Crippen molar-refractivity contribution in [2.45, 2.75) is 31.6 Å². The van der Waals surface area contributed by atoms with E-state index in [0.717, 1.165) is 16.0 Å². The molecule has 0 saturated carbocycles. The van der Waals surface area contributed by atoms with Gasteiger partial charge < -0.3 is 4.90 Å². The first-order valence-electron chi connectivity index (χ1n) is 6.52. The van der Waals surface area contributed by atoms with Crippen LogP contribution >= 0.6 is 0 Å². The average molecular weight is 292 g/mol. The van der Waals surface area contributed by atoms with Crippen LogP contribution in [-0.2, 0) is 15.6 Å². The monoisotopic (exact) mass is 292 g/mol. The lowest BCUT2D eigenvalue weighted by atomic mass is 10.2. The Morgan fingerprint density at radius 3 is 2.75 bits per heavy atom. The molecule has 1 aromatic rings. The second-order valence-corrected chi connectivity index (χ2v) is 6.33. The van der Waals surface area contributed by atoms with Gasteiger partial charge in [0.05, 0.1) is 23.3 Å². The summed E-state index contributed by atoms with van der Waals surface area (Å²) in [6, 6.07) is 7.85. The van der Waals surface area contributed by atoms with E-state index in [-0.39, 0.29) is 12.3 Å². The number of amides is 1. The van der Waals surface area contributed by atoms with Crippen LogP contribution in [-0.4, -0.2) is 34.4 Å². The van der Waals surface area contributed by atoms with Crippen molar-refractivity contribution >= 4 is 16.7 Å².